The van der Waals surface area contributed by atoms with Crippen molar-refractivity contribution in [2.75, 3.05) is 11.1 Å². The molecule has 6 heteroatoms. The SMILES string of the molecule is Cc1ccc(C(NC(=O)c2ccc3c(c2)SCC(=O)N3)C(C)(C)C)o1. The minimum atomic E-state index is -0.239. The standard InChI is InChI=1S/C19H22N2O3S/c1-11-5-8-14(24-11)17(19(2,3)4)21-18(23)12-6-7-13-15(9-12)25-10-16(22)20-13/h5-9,17H,10H2,1-4H3,(H,20,22)(H,21,23). The fourth-order valence-electron chi connectivity index (χ4n) is 2.75. The van der Waals surface area contributed by atoms with Crippen LogP contribution < -0.4 is 10.6 Å². The average Bonchev–Trinajstić information content (AvgIpc) is 2.96. The number of benzene rings is 1. The van der Waals surface area contributed by atoms with Gasteiger partial charge < -0.3 is 15.1 Å². The molecule has 132 valence electrons. The molecular formula is C19H22N2O3S. The van der Waals surface area contributed by atoms with Crippen LogP contribution in [0, 0.1) is 12.3 Å². The second kappa shape index (κ2) is 6.59. The van der Waals surface area contributed by atoms with Gasteiger partial charge >= 0.3 is 0 Å². The van der Waals surface area contributed by atoms with E-state index in [9.17, 15) is 9.59 Å². The molecule has 1 aromatic heterocycles. The molecule has 1 aromatic carbocycles. The normalized spacial score (nSPS) is 15.3. The van der Waals surface area contributed by atoms with Crippen molar-refractivity contribution >= 4 is 29.3 Å². The molecule has 0 aliphatic carbocycles. The highest BCUT2D eigenvalue weighted by Crippen LogP contribution is 2.35. The second-order valence-corrected chi connectivity index (χ2v) is 8.29. The van der Waals surface area contributed by atoms with Crippen LogP contribution in [0.2, 0.25) is 0 Å². The maximum Gasteiger partial charge on any atom is 0.251 e. The summed E-state index contributed by atoms with van der Waals surface area (Å²) in [6.45, 7) is 8.08. The average molecular weight is 358 g/mol. The Bertz CT molecular complexity index is 820. The van der Waals surface area contributed by atoms with Crippen LogP contribution in [0.5, 0.6) is 0 Å². The molecule has 3 rings (SSSR count). The third-order valence-corrected chi connectivity index (χ3v) is 5.12. The molecule has 5 nitrogen and oxygen atoms in total. The summed E-state index contributed by atoms with van der Waals surface area (Å²) in [5.41, 5.74) is 1.13. The summed E-state index contributed by atoms with van der Waals surface area (Å²) in [5, 5.41) is 5.90. The van der Waals surface area contributed by atoms with Gasteiger partial charge in [0.2, 0.25) is 5.91 Å². The highest BCUT2D eigenvalue weighted by atomic mass is 32.2. The maximum absolute atomic E-state index is 12.8. The smallest absolute Gasteiger partial charge is 0.251 e. The van der Waals surface area contributed by atoms with Crippen molar-refractivity contribution in [2.24, 2.45) is 5.41 Å². The summed E-state index contributed by atoms with van der Waals surface area (Å²) < 4.78 is 5.74. The molecule has 0 radical (unpaired) electrons. The van der Waals surface area contributed by atoms with E-state index in [-0.39, 0.29) is 23.3 Å². The summed E-state index contributed by atoms with van der Waals surface area (Å²) in [6, 6.07) is 8.90. The molecule has 0 bridgehead atoms. The first-order valence-electron chi connectivity index (χ1n) is 8.18. The van der Waals surface area contributed by atoms with E-state index in [1.807, 2.05) is 25.1 Å². The monoisotopic (exact) mass is 358 g/mol. The number of anilines is 1. The number of carbonyl (C=O) groups is 2. The summed E-state index contributed by atoms with van der Waals surface area (Å²) in [6.07, 6.45) is 0. The number of amides is 2. The predicted octanol–water partition coefficient (Wildman–Crippen LogP) is 4.15. The van der Waals surface area contributed by atoms with E-state index in [0.29, 0.717) is 11.3 Å². The van der Waals surface area contributed by atoms with Crippen LogP contribution in [0.3, 0.4) is 0 Å². The lowest BCUT2D eigenvalue weighted by molar-refractivity contribution is -0.113. The Balaban J connectivity index is 1.83. The summed E-state index contributed by atoms with van der Waals surface area (Å²) in [7, 11) is 0. The van der Waals surface area contributed by atoms with E-state index < -0.39 is 0 Å². The summed E-state index contributed by atoms with van der Waals surface area (Å²) >= 11 is 1.44. The van der Waals surface area contributed by atoms with Crippen LogP contribution >= 0.6 is 11.8 Å². The Kier molecular flexibility index (Phi) is 4.64. The molecule has 0 saturated heterocycles. The fraction of sp³-hybridized carbons (Fsp3) is 0.368. The van der Waals surface area contributed by atoms with Gasteiger partial charge in [-0.2, -0.15) is 0 Å². The van der Waals surface area contributed by atoms with Gasteiger partial charge in [0, 0.05) is 10.5 Å². The van der Waals surface area contributed by atoms with Crippen molar-refractivity contribution in [3.8, 4) is 0 Å². The highest BCUT2D eigenvalue weighted by molar-refractivity contribution is 8.00. The molecular weight excluding hydrogens is 336 g/mol. The largest absolute Gasteiger partial charge is 0.464 e. The van der Waals surface area contributed by atoms with Crippen molar-refractivity contribution in [3.63, 3.8) is 0 Å². The Hall–Kier alpha value is -2.21. The fourth-order valence-corrected chi connectivity index (χ4v) is 3.60. The number of rotatable bonds is 3. The molecule has 1 unspecified atom stereocenters. The molecule has 1 aliphatic rings. The first-order chi connectivity index (χ1) is 11.7. The van der Waals surface area contributed by atoms with E-state index >= 15 is 0 Å². The zero-order valence-corrected chi connectivity index (χ0v) is 15.6. The van der Waals surface area contributed by atoms with Gasteiger partial charge in [0.1, 0.15) is 11.5 Å². The zero-order valence-electron chi connectivity index (χ0n) is 14.8. The number of furan rings is 1. The molecule has 25 heavy (non-hydrogen) atoms. The van der Waals surface area contributed by atoms with E-state index in [0.717, 1.165) is 22.1 Å². The van der Waals surface area contributed by atoms with Crippen molar-refractivity contribution in [2.45, 2.75) is 38.6 Å². The van der Waals surface area contributed by atoms with Gasteiger partial charge in [-0.05, 0) is 42.7 Å². The molecule has 2 N–H and O–H groups in total. The minimum absolute atomic E-state index is 0.0179. The van der Waals surface area contributed by atoms with E-state index in [1.165, 1.54) is 11.8 Å². The summed E-state index contributed by atoms with van der Waals surface area (Å²) in [4.78, 5) is 25.1. The third-order valence-electron chi connectivity index (χ3n) is 4.06. The number of hydrogen-bond acceptors (Lipinski definition) is 4. The zero-order chi connectivity index (χ0) is 18.2. The van der Waals surface area contributed by atoms with Crippen molar-refractivity contribution in [1.82, 2.24) is 5.32 Å². The number of hydrogen-bond donors (Lipinski definition) is 2. The molecule has 0 saturated carbocycles. The summed E-state index contributed by atoms with van der Waals surface area (Å²) in [5.74, 6) is 1.76. The van der Waals surface area contributed by atoms with Crippen LogP contribution in [0.25, 0.3) is 0 Å². The quantitative estimate of drug-likeness (QED) is 0.865. The highest BCUT2D eigenvalue weighted by Gasteiger charge is 2.31. The minimum Gasteiger partial charge on any atom is -0.464 e. The van der Waals surface area contributed by atoms with Crippen molar-refractivity contribution in [3.05, 3.63) is 47.4 Å². The molecule has 2 amide bonds. The number of carbonyl (C=O) groups excluding carboxylic acids is 2. The molecule has 1 atom stereocenters. The van der Waals surface area contributed by atoms with Crippen LogP contribution in [-0.2, 0) is 4.79 Å². The van der Waals surface area contributed by atoms with E-state index in [1.54, 1.807) is 12.1 Å². The van der Waals surface area contributed by atoms with Gasteiger partial charge in [-0.1, -0.05) is 20.8 Å². The van der Waals surface area contributed by atoms with Crippen LogP contribution in [0.15, 0.2) is 39.6 Å². The first kappa shape index (κ1) is 17.6. The van der Waals surface area contributed by atoms with Crippen LogP contribution in [-0.4, -0.2) is 17.6 Å². The lowest BCUT2D eigenvalue weighted by Crippen LogP contribution is -2.36. The van der Waals surface area contributed by atoms with Gasteiger partial charge in [-0.15, -0.1) is 11.8 Å². The third kappa shape index (κ3) is 3.90. The van der Waals surface area contributed by atoms with Gasteiger partial charge in [0.15, 0.2) is 0 Å². The van der Waals surface area contributed by atoms with Gasteiger partial charge in [0.05, 0.1) is 17.5 Å². The van der Waals surface area contributed by atoms with Crippen LogP contribution in [0.4, 0.5) is 5.69 Å². The van der Waals surface area contributed by atoms with Crippen LogP contribution in [0.1, 0.15) is 48.7 Å². The van der Waals surface area contributed by atoms with Crippen molar-refractivity contribution < 1.29 is 14.0 Å². The second-order valence-electron chi connectivity index (χ2n) is 7.27. The number of fused-ring (bicyclic) bond motifs is 1. The lowest BCUT2D eigenvalue weighted by Gasteiger charge is -2.30. The van der Waals surface area contributed by atoms with E-state index in [4.69, 9.17) is 4.42 Å². The van der Waals surface area contributed by atoms with Crippen molar-refractivity contribution in [1.29, 1.82) is 0 Å². The number of nitrogens with one attached hydrogen (secondary N) is 2. The predicted molar refractivity (Wildman–Crippen MR) is 98.9 cm³/mol. The Labute approximate surface area is 151 Å². The first-order valence-corrected chi connectivity index (χ1v) is 9.16. The Morgan fingerprint density at radius 3 is 2.68 bits per heavy atom. The topological polar surface area (TPSA) is 71.3 Å². The molecule has 2 heterocycles. The molecule has 2 aromatic rings. The molecule has 0 spiro atoms. The molecule has 0 fully saturated rings. The molecule has 1 aliphatic heterocycles. The van der Waals surface area contributed by atoms with Gasteiger partial charge in [-0.3, -0.25) is 9.59 Å². The number of thioether (sulfide) groups is 1. The lowest BCUT2D eigenvalue weighted by atomic mass is 9.85. The maximum atomic E-state index is 12.8. The van der Waals surface area contributed by atoms with Gasteiger partial charge in [-0.25, -0.2) is 0 Å². The number of aryl methyl sites for hydroxylation is 1. The van der Waals surface area contributed by atoms with Gasteiger partial charge in [0.25, 0.3) is 5.91 Å². The Morgan fingerprint density at radius 1 is 1.28 bits per heavy atom. The van der Waals surface area contributed by atoms with E-state index in [2.05, 4.69) is 31.4 Å². The Morgan fingerprint density at radius 2 is 2.04 bits per heavy atom.